The van der Waals surface area contributed by atoms with Crippen LogP contribution in [0.4, 0.5) is 0 Å². The molecular formula is C11H16N2O2. The van der Waals surface area contributed by atoms with Crippen molar-refractivity contribution in [3.8, 4) is 5.75 Å². The number of ether oxygens (including phenoxy) is 1. The first kappa shape index (κ1) is 11.5. The largest absolute Gasteiger partial charge is 0.497 e. The molecule has 0 saturated heterocycles. The predicted octanol–water partition coefficient (Wildman–Crippen LogP) is 0.440. The molecule has 4 nitrogen and oxygen atoms in total. The van der Waals surface area contributed by atoms with E-state index in [2.05, 4.69) is 0 Å². The van der Waals surface area contributed by atoms with E-state index in [0.717, 1.165) is 11.3 Å². The van der Waals surface area contributed by atoms with Crippen molar-refractivity contribution in [2.75, 3.05) is 7.11 Å². The molecule has 0 unspecified atom stereocenters. The lowest BCUT2D eigenvalue weighted by atomic mass is 9.93. The van der Waals surface area contributed by atoms with Gasteiger partial charge in [-0.1, -0.05) is 12.1 Å². The molecule has 0 aliphatic heterocycles. The van der Waals surface area contributed by atoms with Gasteiger partial charge in [0.2, 0.25) is 5.91 Å². The van der Waals surface area contributed by atoms with Gasteiger partial charge in [-0.05, 0) is 31.0 Å². The third kappa shape index (κ3) is 2.95. The summed E-state index contributed by atoms with van der Waals surface area (Å²) < 4.78 is 5.07. The average Bonchev–Trinajstić information content (AvgIpc) is 2.17. The van der Waals surface area contributed by atoms with E-state index in [0.29, 0.717) is 6.42 Å². The van der Waals surface area contributed by atoms with E-state index in [1.165, 1.54) is 0 Å². The number of benzene rings is 1. The fraction of sp³-hybridized carbons (Fsp3) is 0.364. The van der Waals surface area contributed by atoms with Gasteiger partial charge in [0, 0.05) is 0 Å². The summed E-state index contributed by atoms with van der Waals surface area (Å²) in [5, 5.41) is 0. The molecule has 0 aliphatic rings. The van der Waals surface area contributed by atoms with Crippen LogP contribution in [-0.4, -0.2) is 18.6 Å². The predicted molar refractivity (Wildman–Crippen MR) is 58.5 cm³/mol. The molecule has 0 bridgehead atoms. The van der Waals surface area contributed by atoms with E-state index in [4.69, 9.17) is 16.2 Å². The van der Waals surface area contributed by atoms with E-state index >= 15 is 0 Å². The number of carbonyl (C=O) groups excluding carboxylic acids is 1. The van der Waals surface area contributed by atoms with E-state index < -0.39 is 11.4 Å². The highest BCUT2D eigenvalue weighted by Gasteiger charge is 2.25. The van der Waals surface area contributed by atoms with Gasteiger partial charge in [-0.2, -0.15) is 0 Å². The van der Waals surface area contributed by atoms with Crippen LogP contribution in [0.25, 0.3) is 0 Å². The van der Waals surface area contributed by atoms with Crippen molar-refractivity contribution in [2.24, 2.45) is 11.5 Å². The number of methoxy groups -OCH3 is 1. The lowest BCUT2D eigenvalue weighted by Crippen LogP contribution is -2.51. The van der Waals surface area contributed by atoms with Gasteiger partial charge in [-0.3, -0.25) is 4.79 Å². The van der Waals surface area contributed by atoms with E-state index in [1.54, 1.807) is 14.0 Å². The van der Waals surface area contributed by atoms with Crippen molar-refractivity contribution >= 4 is 5.91 Å². The Bertz CT molecular complexity index is 361. The van der Waals surface area contributed by atoms with Crippen LogP contribution in [0, 0.1) is 0 Å². The van der Waals surface area contributed by atoms with Gasteiger partial charge in [0.15, 0.2) is 0 Å². The summed E-state index contributed by atoms with van der Waals surface area (Å²) in [5.74, 6) is 0.234. The summed E-state index contributed by atoms with van der Waals surface area (Å²) in [6.45, 7) is 1.62. The zero-order valence-electron chi connectivity index (χ0n) is 8.99. The second kappa shape index (κ2) is 4.31. The molecule has 15 heavy (non-hydrogen) atoms. The second-order valence-electron chi connectivity index (χ2n) is 3.81. The maximum absolute atomic E-state index is 11.0. The Morgan fingerprint density at radius 3 is 2.73 bits per heavy atom. The van der Waals surface area contributed by atoms with Crippen LogP contribution in [0.2, 0.25) is 0 Å². The van der Waals surface area contributed by atoms with E-state index in [1.807, 2.05) is 24.3 Å². The Labute approximate surface area is 89.2 Å². The Kier molecular flexibility index (Phi) is 3.31. The van der Waals surface area contributed by atoms with Gasteiger partial charge in [-0.15, -0.1) is 0 Å². The van der Waals surface area contributed by atoms with Crippen molar-refractivity contribution in [2.45, 2.75) is 18.9 Å². The summed E-state index contributed by atoms with van der Waals surface area (Å²) in [6.07, 6.45) is 0.402. The lowest BCUT2D eigenvalue weighted by molar-refractivity contribution is -0.122. The van der Waals surface area contributed by atoms with Crippen molar-refractivity contribution in [3.63, 3.8) is 0 Å². The van der Waals surface area contributed by atoms with Crippen molar-refractivity contribution in [1.29, 1.82) is 0 Å². The zero-order valence-corrected chi connectivity index (χ0v) is 8.99. The molecule has 1 aromatic rings. The quantitative estimate of drug-likeness (QED) is 0.753. The standard InChI is InChI=1S/C11H16N2O2/c1-11(13,10(12)14)7-8-4-3-5-9(6-8)15-2/h3-6H,7,13H2,1-2H3,(H2,12,14)/t11-/m0/s1. The number of hydrogen-bond acceptors (Lipinski definition) is 3. The normalized spacial score (nSPS) is 14.3. The minimum Gasteiger partial charge on any atom is -0.497 e. The number of rotatable bonds is 4. The van der Waals surface area contributed by atoms with Crippen LogP contribution in [-0.2, 0) is 11.2 Å². The fourth-order valence-electron chi connectivity index (χ4n) is 1.29. The van der Waals surface area contributed by atoms with Crippen molar-refractivity contribution in [3.05, 3.63) is 29.8 Å². The summed E-state index contributed by atoms with van der Waals surface area (Å²) >= 11 is 0. The van der Waals surface area contributed by atoms with Crippen LogP contribution in [0.15, 0.2) is 24.3 Å². The SMILES string of the molecule is COc1cccc(C[C@](C)(N)C(N)=O)c1. The average molecular weight is 208 g/mol. The Morgan fingerprint density at radius 1 is 1.53 bits per heavy atom. The van der Waals surface area contributed by atoms with Gasteiger partial charge in [0.25, 0.3) is 0 Å². The number of primary amides is 1. The van der Waals surface area contributed by atoms with Crippen LogP contribution in [0.3, 0.4) is 0 Å². The molecular weight excluding hydrogens is 192 g/mol. The minimum atomic E-state index is -1.02. The van der Waals surface area contributed by atoms with Crippen molar-refractivity contribution in [1.82, 2.24) is 0 Å². The van der Waals surface area contributed by atoms with Gasteiger partial charge in [0.05, 0.1) is 12.6 Å². The molecule has 1 amide bonds. The fourth-order valence-corrected chi connectivity index (χ4v) is 1.29. The topological polar surface area (TPSA) is 78.3 Å². The zero-order chi connectivity index (χ0) is 11.5. The maximum Gasteiger partial charge on any atom is 0.237 e. The first-order valence-electron chi connectivity index (χ1n) is 4.67. The van der Waals surface area contributed by atoms with Crippen LogP contribution in [0.5, 0.6) is 5.75 Å². The smallest absolute Gasteiger partial charge is 0.237 e. The summed E-state index contributed by atoms with van der Waals surface area (Å²) in [5.41, 5.74) is 10.9. The molecule has 1 aromatic carbocycles. The van der Waals surface area contributed by atoms with E-state index in [-0.39, 0.29) is 0 Å². The highest BCUT2D eigenvalue weighted by atomic mass is 16.5. The molecule has 1 rings (SSSR count). The third-order valence-electron chi connectivity index (χ3n) is 2.27. The maximum atomic E-state index is 11.0. The molecule has 82 valence electrons. The number of hydrogen-bond donors (Lipinski definition) is 2. The van der Waals surface area contributed by atoms with E-state index in [9.17, 15) is 4.79 Å². The number of carbonyl (C=O) groups is 1. The first-order valence-corrected chi connectivity index (χ1v) is 4.67. The monoisotopic (exact) mass is 208 g/mol. The van der Waals surface area contributed by atoms with Crippen LogP contribution in [0.1, 0.15) is 12.5 Å². The van der Waals surface area contributed by atoms with Crippen LogP contribution < -0.4 is 16.2 Å². The highest BCUT2D eigenvalue weighted by Crippen LogP contribution is 2.16. The Hall–Kier alpha value is -1.55. The molecule has 0 aromatic heterocycles. The molecule has 0 heterocycles. The summed E-state index contributed by atoms with van der Waals surface area (Å²) in [6, 6.07) is 7.41. The molecule has 4 N–H and O–H groups in total. The highest BCUT2D eigenvalue weighted by molar-refractivity contribution is 5.84. The van der Waals surface area contributed by atoms with Crippen molar-refractivity contribution < 1.29 is 9.53 Å². The summed E-state index contributed by atoms with van der Waals surface area (Å²) in [4.78, 5) is 11.0. The lowest BCUT2D eigenvalue weighted by Gasteiger charge is -2.20. The molecule has 1 atom stereocenters. The molecule has 4 heteroatoms. The van der Waals surface area contributed by atoms with Gasteiger partial charge >= 0.3 is 0 Å². The van der Waals surface area contributed by atoms with Gasteiger partial charge < -0.3 is 16.2 Å². The molecule has 0 fully saturated rings. The van der Waals surface area contributed by atoms with Gasteiger partial charge in [-0.25, -0.2) is 0 Å². The Balaban J connectivity index is 2.85. The molecule has 0 aliphatic carbocycles. The van der Waals surface area contributed by atoms with Gasteiger partial charge in [0.1, 0.15) is 5.75 Å². The molecule has 0 spiro atoms. The molecule has 0 radical (unpaired) electrons. The number of amides is 1. The number of nitrogens with two attached hydrogens (primary N) is 2. The van der Waals surface area contributed by atoms with Crippen LogP contribution >= 0.6 is 0 Å². The Morgan fingerprint density at radius 2 is 2.20 bits per heavy atom. The first-order chi connectivity index (χ1) is 6.95. The molecule has 0 saturated carbocycles. The summed E-state index contributed by atoms with van der Waals surface area (Å²) in [7, 11) is 1.59. The second-order valence-corrected chi connectivity index (χ2v) is 3.81. The minimum absolute atomic E-state index is 0.402. The third-order valence-corrected chi connectivity index (χ3v) is 2.27.